The molecule has 0 heterocycles. The average molecular weight is 298 g/mol. The van der Waals surface area contributed by atoms with Crippen molar-refractivity contribution in [1.29, 1.82) is 0 Å². The van der Waals surface area contributed by atoms with Gasteiger partial charge in [-0.15, -0.1) is 0 Å². The topological polar surface area (TPSA) is 34.1 Å². The Morgan fingerprint density at radius 1 is 0.905 bits per heavy atom. The van der Waals surface area contributed by atoms with Gasteiger partial charge in [0.1, 0.15) is 5.78 Å². The summed E-state index contributed by atoms with van der Waals surface area (Å²) in [5.41, 5.74) is 1.60. The van der Waals surface area contributed by atoms with Crippen molar-refractivity contribution >= 4 is 23.3 Å². The maximum atomic E-state index is 12.7. The molecule has 0 aliphatic heterocycles. The number of thioether (sulfide) groups is 1. The molecule has 2 nitrogen and oxygen atoms in total. The molecule has 0 aromatic heterocycles. The highest BCUT2D eigenvalue weighted by Crippen LogP contribution is 2.36. The van der Waals surface area contributed by atoms with Gasteiger partial charge in [-0.05, 0) is 18.7 Å². The van der Waals surface area contributed by atoms with Crippen LogP contribution in [0.25, 0.3) is 0 Å². The fourth-order valence-corrected chi connectivity index (χ4v) is 3.44. The number of carbonyl (C=O) groups is 2. The first-order chi connectivity index (χ1) is 10.1. The molecule has 0 saturated heterocycles. The van der Waals surface area contributed by atoms with E-state index in [-0.39, 0.29) is 16.8 Å². The maximum Gasteiger partial charge on any atom is 0.174 e. The predicted octanol–water partition coefficient (Wildman–Crippen LogP) is 4.18. The summed E-state index contributed by atoms with van der Waals surface area (Å²) in [4.78, 5) is 24.8. The molecule has 0 N–H and O–H groups in total. The van der Waals surface area contributed by atoms with Crippen LogP contribution in [0.1, 0.15) is 28.1 Å². The van der Waals surface area contributed by atoms with Crippen LogP contribution in [0.5, 0.6) is 0 Å². The van der Waals surface area contributed by atoms with Gasteiger partial charge in [-0.2, -0.15) is 11.8 Å². The number of carbonyl (C=O) groups excluding carboxylic acids is 2. The zero-order chi connectivity index (χ0) is 15.2. The van der Waals surface area contributed by atoms with E-state index in [0.29, 0.717) is 5.56 Å². The first kappa shape index (κ1) is 15.5. The van der Waals surface area contributed by atoms with Gasteiger partial charge >= 0.3 is 0 Å². The Kier molecular flexibility index (Phi) is 5.34. The van der Waals surface area contributed by atoms with Crippen molar-refractivity contribution in [3.8, 4) is 0 Å². The van der Waals surface area contributed by atoms with Crippen molar-refractivity contribution < 1.29 is 9.59 Å². The van der Waals surface area contributed by atoms with Crippen LogP contribution >= 0.6 is 11.8 Å². The fourth-order valence-electron chi connectivity index (χ4n) is 2.42. The van der Waals surface area contributed by atoms with E-state index in [0.717, 1.165) is 5.56 Å². The lowest BCUT2D eigenvalue weighted by atomic mass is 9.88. The Balaban J connectivity index is 2.38. The van der Waals surface area contributed by atoms with Gasteiger partial charge < -0.3 is 0 Å². The second-order valence-corrected chi connectivity index (χ2v) is 5.86. The summed E-state index contributed by atoms with van der Waals surface area (Å²) >= 11 is 1.54. The fraction of sp³-hybridized carbons (Fsp3) is 0.222. The van der Waals surface area contributed by atoms with Gasteiger partial charge in [-0.1, -0.05) is 60.7 Å². The number of Topliss-reactive ketones (excluding diaryl/α,β-unsaturated/α-hetero) is 2. The Morgan fingerprint density at radius 2 is 1.43 bits per heavy atom. The molecular weight excluding hydrogens is 280 g/mol. The van der Waals surface area contributed by atoms with E-state index in [4.69, 9.17) is 0 Å². The van der Waals surface area contributed by atoms with Gasteiger partial charge in [0.15, 0.2) is 5.78 Å². The molecular formula is C18H18O2S. The highest BCUT2D eigenvalue weighted by molar-refractivity contribution is 7.98. The molecule has 0 amide bonds. The van der Waals surface area contributed by atoms with Crippen molar-refractivity contribution in [3.05, 3.63) is 71.8 Å². The van der Waals surface area contributed by atoms with Gasteiger partial charge in [0, 0.05) is 10.8 Å². The molecule has 0 bridgehead atoms. The summed E-state index contributed by atoms with van der Waals surface area (Å²) < 4.78 is 0. The lowest BCUT2D eigenvalue weighted by Gasteiger charge is -2.23. The molecule has 2 unspecified atom stereocenters. The molecule has 108 valence electrons. The van der Waals surface area contributed by atoms with Gasteiger partial charge in [0.05, 0.1) is 5.92 Å². The summed E-state index contributed by atoms with van der Waals surface area (Å²) in [7, 11) is 0. The van der Waals surface area contributed by atoms with Crippen LogP contribution in [0, 0.1) is 5.92 Å². The van der Waals surface area contributed by atoms with Crippen molar-refractivity contribution in [3.63, 3.8) is 0 Å². The van der Waals surface area contributed by atoms with E-state index in [1.807, 2.05) is 54.8 Å². The minimum absolute atomic E-state index is 0.0907. The van der Waals surface area contributed by atoms with Gasteiger partial charge in [0.2, 0.25) is 0 Å². The van der Waals surface area contributed by atoms with Crippen LogP contribution in [-0.2, 0) is 4.79 Å². The van der Waals surface area contributed by atoms with Gasteiger partial charge in [0.25, 0.3) is 0 Å². The molecule has 0 fully saturated rings. The minimum Gasteiger partial charge on any atom is -0.299 e. The Hall–Kier alpha value is -1.87. The number of rotatable bonds is 6. The zero-order valence-corrected chi connectivity index (χ0v) is 13.0. The lowest BCUT2D eigenvalue weighted by molar-refractivity contribution is -0.119. The van der Waals surface area contributed by atoms with E-state index < -0.39 is 5.92 Å². The van der Waals surface area contributed by atoms with Crippen LogP contribution in [0.3, 0.4) is 0 Å². The summed E-state index contributed by atoms with van der Waals surface area (Å²) in [6.45, 7) is 1.50. The molecule has 0 saturated carbocycles. The zero-order valence-electron chi connectivity index (χ0n) is 12.2. The monoisotopic (exact) mass is 298 g/mol. The highest BCUT2D eigenvalue weighted by Gasteiger charge is 2.33. The normalized spacial score (nSPS) is 13.4. The predicted molar refractivity (Wildman–Crippen MR) is 87.6 cm³/mol. The summed E-state index contributed by atoms with van der Waals surface area (Å²) in [5.74, 6) is -0.844. The molecule has 0 aliphatic rings. The Morgan fingerprint density at radius 3 is 1.90 bits per heavy atom. The molecule has 0 spiro atoms. The molecule has 2 atom stereocenters. The third kappa shape index (κ3) is 3.61. The SMILES string of the molecule is CSC(c1ccccc1)C(C(C)=O)C(=O)c1ccccc1. The standard InChI is InChI=1S/C18H18O2S/c1-13(19)16(17(20)14-9-5-3-6-10-14)18(21-2)15-11-7-4-8-12-15/h3-12,16,18H,1-2H3. The van der Waals surface area contributed by atoms with E-state index >= 15 is 0 Å². The molecule has 2 aromatic carbocycles. The minimum atomic E-state index is -0.648. The van der Waals surface area contributed by atoms with Crippen molar-refractivity contribution in [2.45, 2.75) is 12.2 Å². The van der Waals surface area contributed by atoms with Crippen LogP contribution < -0.4 is 0 Å². The van der Waals surface area contributed by atoms with Crippen LogP contribution in [0.15, 0.2) is 60.7 Å². The molecule has 3 heteroatoms. The maximum absolute atomic E-state index is 12.7. The number of ketones is 2. The number of hydrogen-bond acceptors (Lipinski definition) is 3. The van der Waals surface area contributed by atoms with E-state index in [1.54, 1.807) is 23.9 Å². The van der Waals surface area contributed by atoms with Gasteiger partial charge in [-0.3, -0.25) is 9.59 Å². The summed E-state index contributed by atoms with van der Waals surface area (Å²) in [5, 5.41) is -0.156. The summed E-state index contributed by atoms with van der Waals surface area (Å²) in [6, 6.07) is 18.8. The third-order valence-electron chi connectivity index (χ3n) is 3.46. The average Bonchev–Trinajstić information content (AvgIpc) is 2.53. The van der Waals surface area contributed by atoms with Crippen LogP contribution in [-0.4, -0.2) is 17.8 Å². The van der Waals surface area contributed by atoms with Crippen LogP contribution in [0.2, 0.25) is 0 Å². The van der Waals surface area contributed by atoms with Crippen molar-refractivity contribution in [1.82, 2.24) is 0 Å². The van der Waals surface area contributed by atoms with Crippen LogP contribution in [0.4, 0.5) is 0 Å². The summed E-state index contributed by atoms with van der Waals surface area (Å²) in [6.07, 6.45) is 1.94. The first-order valence-electron chi connectivity index (χ1n) is 6.82. The molecule has 2 rings (SSSR count). The largest absolute Gasteiger partial charge is 0.299 e. The third-order valence-corrected chi connectivity index (χ3v) is 4.52. The molecule has 0 aliphatic carbocycles. The lowest BCUT2D eigenvalue weighted by Crippen LogP contribution is -2.27. The molecule has 2 aromatic rings. The second-order valence-electron chi connectivity index (χ2n) is 4.89. The number of benzene rings is 2. The van der Waals surface area contributed by atoms with Gasteiger partial charge in [-0.25, -0.2) is 0 Å². The van der Waals surface area contributed by atoms with E-state index in [9.17, 15) is 9.59 Å². The highest BCUT2D eigenvalue weighted by atomic mass is 32.2. The number of hydrogen-bond donors (Lipinski definition) is 0. The van der Waals surface area contributed by atoms with E-state index in [1.165, 1.54) is 6.92 Å². The van der Waals surface area contributed by atoms with Crippen molar-refractivity contribution in [2.24, 2.45) is 5.92 Å². The van der Waals surface area contributed by atoms with Crippen molar-refractivity contribution in [2.75, 3.05) is 6.26 Å². The smallest absolute Gasteiger partial charge is 0.174 e. The first-order valence-corrected chi connectivity index (χ1v) is 8.11. The Bertz CT molecular complexity index is 608. The second kappa shape index (κ2) is 7.23. The Labute approximate surface area is 129 Å². The molecule has 0 radical (unpaired) electrons. The quantitative estimate of drug-likeness (QED) is 0.592. The molecule has 21 heavy (non-hydrogen) atoms. The van der Waals surface area contributed by atoms with E-state index in [2.05, 4.69) is 0 Å².